The van der Waals surface area contributed by atoms with Crippen molar-refractivity contribution in [3.8, 4) is 5.75 Å². The van der Waals surface area contributed by atoms with E-state index in [4.69, 9.17) is 4.74 Å². The van der Waals surface area contributed by atoms with Gasteiger partial charge in [-0.25, -0.2) is 13.1 Å². The van der Waals surface area contributed by atoms with Crippen molar-refractivity contribution in [2.45, 2.75) is 24.8 Å². The van der Waals surface area contributed by atoms with Crippen LogP contribution in [0.2, 0.25) is 0 Å². The number of aromatic amines is 1. The number of methoxy groups -OCH3 is 1. The van der Waals surface area contributed by atoms with Crippen molar-refractivity contribution in [2.24, 2.45) is 0 Å². The molecule has 3 N–H and O–H groups in total. The van der Waals surface area contributed by atoms with Crippen LogP contribution in [-0.2, 0) is 10.0 Å². The lowest BCUT2D eigenvalue weighted by molar-refractivity contribution is 0.102. The Morgan fingerprint density at radius 1 is 1.07 bits per heavy atom. The standard InChI is InChI=1S/C19H21N3O4S/c1-12(2)22-27(24,25)16-8-5-14(6-9-16)20-19(23)18-10-13-4-7-15(26-3)11-17(13)21-18/h4-12,21-22H,1-3H3,(H,20,23). The number of carbonyl (C=O) groups is 1. The number of rotatable bonds is 6. The summed E-state index contributed by atoms with van der Waals surface area (Å²) < 4.78 is 32.0. The third-order valence-corrected chi connectivity index (χ3v) is 5.56. The van der Waals surface area contributed by atoms with Gasteiger partial charge in [-0.05, 0) is 56.3 Å². The first-order valence-corrected chi connectivity index (χ1v) is 9.87. The number of carbonyl (C=O) groups excluding carboxylic acids is 1. The number of anilines is 1. The van der Waals surface area contributed by atoms with Crippen molar-refractivity contribution in [3.63, 3.8) is 0 Å². The topological polar surface area (TPSA) is 100 Å². The number of aromatic nitrogens is 1. The SMILES string of the molecule is COc1ccc2cc(C(=O)Nc3ccc(S(=O)(=O)NC(C)C)cc3)[nH]c2c1. The number of sulfonamides is 1. The molecule has 27 heavy (non-hydrogen) atoms. The number of amides is 1. The summed E-state index contributed by atoms with van der Waals surface area (Å²) in [5.41, 5.74) is 1.69. The van der Waals surface area contributed by atoms with Gasteiger partial charge in [-0.15, -0.1) is 0 Å². The summed E-state index contributed by atoms with van der Waals surface area (Å²) >= 11 is 0. The van der Waals surface area contributed by atoms with Gasteiger partial charge < -0.3 is 15.0 Å². The summed E-state index contributed by atoms with van der Waals surface area (Å²) in [5.74, 6) is 0.379. The number of ether oxygens (including phenoxy) is 1. The Kier molecular flexibility index (Phi) is 5.20. The molecular formula is C19H21N3O4S. The average molecular weight is 387 g/mol. The molecule has 1 aromatic heterocycles. The fourth-order valence-corrected chi connectivity index (χ4v) is 3.90. The third kappa shape index (κ3) is 4.29. The van der Waals surface area contributed by atoms with Crippen LogP contribution in [0.25, 0.3) is 10.9 Å². The zero-order valence-electron chi connectivity index (χ0n) is 15.2. The summed E-state index contributed by atoms with van der Waals surface area (Å²) in [6.07, 6.45) is 0. The van der Waals surface area contributed by atoms with Crippen molar-refractivity contribution >= 4 is 32.5 Å². The summed E-state index contributed by atoms with van der Waals surface area (Å²) in [4.78, 5) is 15.7. The second-order valence-electron chi connectivity index (χ2n) is 6.39. The lowest BCUT2D eigenvalue weighted by Gasteiger charge is -2.10. The Labute approximate surface area is 157 Å². The van der Waals surface area contributed by atoms with E-state index in [9.17, 15) is 13.2 Å². The molecule has 0 fully saturated rings. The summed E-state index contributed by atoms with van der Waals surface area (Å²) in [7, 11) is -1.98. The minimum atomic E-state index is -3.56. The van der Waals surface area contributed by atoms with Gasteiger partial charge in [-0.1, -0.05) is 0 Å². The molecule has 0 aliphatic carbocycles. The van der Waals surface area contributed by atoms with Crippen molar-refractivity contribution in [2.75, 3.05) is 12.4 Å². The van der Waals surface area contributed by atoms with Gasteiger partial charge in [0.15, 0.2) is 0 Å². The number of nitrogens with one attached hydrogen (secondary N) is 3. The van der Waals surface area contributed by atoms with E-state index in [1.165, 1.54) is 12.1 Å². The summed E-state index contributed by atoms with van der Waals surface area (Å²) in [5, 5.41) is 3.64. The Morgan fingerprint density at radius 3 is 2.41 bits per heavy atom. The first kappa shape index (κ1) is 18.9. The van der Waals surface area contributed by atoms with Gasteiger partial charge in [-0.3, -0.25) is 4.79 Å². The average Bonchev–Trinajstić information content (AvgIpc) is 3.04. The van der Waals surface area contributed by atoms with Crippen LogP contribution in [0.1, 0.15) is 24.3 Å². The molecule has 142 valence electrons. The smallest absolute Gasteiger partial charge is 0.272 e. The molecule has 0 aliphatic heterocycles. The Bertz CT molecular complexity index is 1070. The van der Waals surface area contributed by atoms with Crippen molar-refractivity contribution in [1.82, 2.24) is 9.71 Å². The number of fused-ring (bicyclic) bond motifs is 1. The molecule has 0 spiro atoms. The Balaban J connectivity index is 1.76. The van der Waals surface area contributed by atoms with E-state index < -0.39 is 10.0 Å². The highest BCUT2D eigenvalue weighted by Crippen LogP contribution is 2.22. The largest absolute Gasteiger partial charge is 0.497 e. The molecule has 0 radical (unpaired) electrons. The maximum atomic E-state index is 12.5. The maximum Gasteiger partial charge on any atom is 0.272 e. The number of H-pyrrole nitrogens is 1. The molecule has 0 saturated carbocycles. The van der Waals surface area contributed by atoms with Crippen molar-refractivity contribution in [3.05, 3.63) is 54.2 Å². The predicted molar refractivity (Wildman–Crippen MR) is 105 cm³/mol. The lowest BCUT2D eigenvalue weighted by atomic mass is 10.2. The van der Waals surface area contributed by atoms with E-state index in [1.807, 2.05) is 18.2 Å². The molecular weight excluding hydrogens is 366 g/mol. The van der Waals surface area contributed by atoms with Gasteiger partial charge in [0.05, 0.1) is 12.0 Å². The van der Waals surface area contributed by atoms with Crippen molar-refractivity contribution < 1.29 is 17.9 Å². The molecule has 3 rings (SSSR count). The second-order valence-corrected chi connectivity index (χ2v) is 8.10. The summed E-state index contributed by atoms with van der Waals surface area (Å²) in [6, 6.07) is 13.1. The highest BCUT2D eigenvalue weighted by molar-refractivity contribution is 7.89. The lowest BCUT2D eigenvalue weighted by Crippen LogP contribution is -2.30. The highest BCUT2D eigenvalue weighted by Gasteiger charge is 2.16. The molecule has 0 unspecified atom stereocenters. The zero-order chi connectivity index (χ0) is 19.6. The van der Waals surface area contributed by atoms with Gasteiger partial charge in [0.25, 0.3) is 5.91 Å². The van der Waals surface area contributed by atoms with Gasteiger partial charge in [-0.2, -0.15) is 0 Å². The highest BCUT2D eigenvalue weighted by atomic mass is 32.2. The molecule has 0 aliphatic rings. The number of benzene rings is 2. The first-order chi connectivity index (χ1) is 12.8. The van der Waals surface area contributed by atoms with Crippen LogP contribution in [0.3, 0.4) is 0 Å². The molecule has 3 aromatic rings. The van der Waals surface area contributed by atoms with Crippen LogP contribution in [0, 0.1) is 0 Å². The predicted octanol–water partition coefficient (Wildman–Crippen LogP) is 3.12. The Morgan fingerprint density at radius 2 is 1.78 bits per heavy atom. The van der Waals surface area contributed by atoms with Gasteiger partial charge >= 0.3 is 0 Å². The van der Waals surface area contributed by atoms with E-state index in [2.05, 4.69) is 15.0 Å². The monoisotopic (exact) mass is 387 g/mol. The van der Waals surface area contributed by atoms with Crippen LogP contribution in [-0.4, -0.2) is 32.5 Å². The third-order valence-electron chi connectivity index (χ3n) is 3.89. The second kappa shape index (κ2) is 7.42. The van der Waals surface area contributed by atoms with E-state index in [0.29, 0.717) is 17.1 Å². The van der Waals surface area contributed by atoms with E-state index in [1.54, 1.807) is 39.2 Å². The van der Waals surface area contributed by atoms with Gasteiger partial charge in [0, 0.05) is 28.7 Å². The zero-order valence-corrected chi connectivity index (χ0v) is 16.1. The van der Waals surface area contributed by atoms with Crippen LogP contribution < -0.4 is 14.8 Å². The van der Waals surface area contributed by atoms with Crippen molar-refractivity contribution in [1.29, 1.82) is 0 Å². The van der Waals surface area contributed by atoms with Crippen LogP contribution in [0.5, 0.6) is 5.75 Å². The van der Waals surface area contributed by atoms with Crippen LogP contribution in [0.4, 0.5) is 5.69 Å². The first-order valence-electron chi connectivity index (χ1n) is 8.39. The molecule has 8 heteroatoms. The van der Waals surface area contributed by atoms with E-state index in [0.717, 1.165) is 10.9 Å². The quantitative estimate of drug-likeness (QED) is 0.605. The van der Waals surface area contributed by atoms with E-state index in [-0.39, 0.29) is 16.8 Å². The molecule has 1 heterocycles. The van der Waals surface area contributed by atoms with Crippen LogP contribution in [0.15, 0.2) is 53.4 Å². The molecule has 0 bridgehead atoms. The fraction of sp³-hybridized carbons (Fsp3) is 0.211. The normalized spacial score (nSPS) is 11.7. The van der Waals surface area contributed by atoms with Gasteiger partial charge in [0.2, 0.25) is 10.0 Å². The molecule has 0 saturated heterocycles. The minimum absolute atomic E-state index is 0.145. The molecule has 1 amide bonds. The Hall–Kier alpha value is -2.84. The molecule has 2 aromatic carbocycles. The molecule has 7 nitrogen and oxygen atoms in total. The fourth-order valence-electron chi connectivity index (χ4n) is 2.65. The van der Waals surface area contributed by atoms with Gasteiger partial charge in [0.1, 0.15) is 11.4 Å². The summed E-state index contributed by atoms with van der Waals surface area (Å²) in [6.45, 7) is 3.50. The van der Waals surface area contributed by atoms with Crippen LogP contribution >= 0.6 is 0 Å². The minimum Gasteiger partial charge on any atom is -0.497 e. The number of hydrogen-bond donors (Lipinski definition) is 3. The van der Waals surface area contributed by atoms with E-state index >= 15 is 0 Å². The maximum absolute atomic E-state index is 12.5. The number of hydrogen-bond acceptors (Lipinski definition) is 4. The molecule has 0 atom stereocenters.